The molecule has 0 fully saturated rings. The van der Waals surface area contributed by atoms with Gasteiger partial charge in [-0.05, 0) is 70.6 Å². The Hall–Kier alpha value is -3.46. The van der Waals surface area contributed by atoms with Crippen LogP contribution in [0.15, 0.2) is 58.1 Å². The molecule has 0 saturated heterocycles. The van der Waals surface area contributed by atoms with E-state index in [1.54, 1.807) is 12.1 Å². The SMILES string of the molecule is O=C(O)c1ccc2c(c1)C(n1c(Br)nc3c(=O)[nH]c(Nc4ccccc4)nc31)CCC2. The first-order valence-corrected chi connectivity index (χ1v) is 10.7. The van der Waals surface area contributed by atoms with Crippen LogP contribution in [0.3, 0.4) is 0 Å². The average Bonchev–Trinajstić information content (AvgIpc) is 3.10. The van der Waals surface area contributed by atoms with Gasteiger partial charge in [-0.3, -0.25) is 14.3 Å². The number of rotatable bonds is 4. The lowest BCUT2D eigenvalue weighted by Crippen LogP contribution is -2.20. The zero-order valence-electron chi connectivity index (χ0n) is 16.3. The van der Waals surface area contributed by atoms with Crippen molar-refractivity contribution in [3.8, 4) is 0 Å². The summed E-state index contributed by atoms with van der Waals surface area (Å²) in [7, 11) is 0. The van der Waals surface area contributed by atoms with Crippen molar-refractivity contribution in [2.75, 3.05) is 5.32 Å². The Bertz CT molecular complexity index is 1360. The van der Waals surface area contributed by atoms with Crippen molar-refractivity contribution in [1.29, 1.82) is 0 Å². The van der Waals surface area contributed by atoms with Gasteiger partial charge in [0.25, 0.3) is 5.56 Å². The molecule has 156 valence electrons. The van der Waals surface area contributed by atoms with Crippen molar-refractivity contribution in [2.45, 2.75) is 25.3 Å². The van der Waals surface area contributed by atoms with Gasteiger partial charge >= 0.3 is 5.97 Å². The highest BCUT2D eigenvalue weighted by atomic mass is 79.9. The number of H-pyrrole nitrogens is 1. The number of halogens is 1. The van der Waals surface area contributed by atoms with Crippen LogP contribution < -0.4 is 10.9 Å². The van der Waals surface area contributed by atoms with Crippen LogP contribution >= 0.6 is 15.9 Å². The molecule has 0 bridgehead atoms. The molecule has 31 heavy (non-hydrogen) atoms. The van der Waals surface area contributed by atoms with E-state index in [0.29, 0.717) is 16.3 Å². The molecule has 4 aromatic rings. The van der Waals surface area contributed by atoms with Gasteiger partial charge in [0.2, 0.25) is 5.95 Å². The summed E-state index contributed by atoms with van der Waals surface area (Å²) in [5, 5.41) is 12.6. The van der Waals surface area contributed by atoms with E-state index < -0.39 is 5.97 Å². The zero-order chi connectivity index (χ0) is 21.5. The monoisotopic (exact) mass is 479 g/mol. The summed E-state index contributed by atoms with van der Waals surface area (Å²) in [6, 6.07) is 14.5. The van der Waals surface area contributed by atoms with Gasteiger partial charge in [0.05, 0.1) is 11.6 Å². The minimum atomic E-state index is -0.967. The smallest absolute Gasteiger partial charge is 0.335 e. The maximum Gasteiger partial charge on any atom is 0.335 e. The van der Waals surface area contributed by atoms with Crippen molar-refractivity contribution >= 4 is 44.7 Å². The van der Waals surface area contributed by atoms with Gasteiger partial charge in [0.1, 0.15) is 0 Å². The number of carboxylic acid groups (broad SMARTS) is 1. The van der Waals surface area contributed by atoms with Gasteiger partial charge in [-0.1, -0.05) is 24.3 Å². The second kappa shape index (κ2) is 7.66. The second-order valence-corrected chi connectivity index (χ2v) is 8.16. The molecule has 5 rings (SSSR count). The molecule has 1 unspecified atom stereocenters. The van der Waals surface area contributed by atoms with Crippen LogP contribution in [-0.2, 0) is 6.42 Å². The molecule has 1 aliphatic rings. The molecule has 9 heteroatoms. The third-order valence-corrected chi connectivity index (χ3v) is 6.09. The van der Waals surface area contributed by atoms with Gasteiger partial charge in [0, 0.05) is 5.69 Å². The number of carboxylic acids is 1. The number of nitrogens with one attached hydrogen (secondary N) is 2. The minimum Gasteiger partial charge on any atom is -0.478 e. The van der Waals surface area contributed by atoms with Crippen LogP contribution in [0.25, 0.3) is 11.2 Å². The van der Waals surface area contributed by atoms with Crippen LogP contribution in [0, 0.1) is 0 Å². The first-order valence-electron chi connectivity index (χ1n) is 9.87. The van der Waals surface area contributed by atoms with E-state index in [2.05, 4.69) is 36.2 Å². The molecule has 2 aromatic carbocycles. The van der Waals surface area contributed by atoms with E-state index in [1.807, 2.05) is 41.0 Å². The van der Waals surface area contributed by atoms with Crippen molar-refractivity contribution < 1.29 is 9.90 Å². The lowest BCUT2D eigenvalue weighted by Gasteiger charge is -2.27. The van der Waals surface area contributed by atoms with Gasteiger partial charge in [0.15, 0.2) is 15.9 Å². The summed E-state index contributed by atoms with van der Waals surface area (Å²) in [5.74, 6) is -0.654. The van der Waals surface area contributed by atoms with Crippen molar-refractivity contribution in [2.24, 2.45) is 0 Å². The summed E-state index contributed by atoms with van der Waals surface area (Å²) in [5.41, 5.74) is 3.37. The molecule has 2 heterocycles. The number of aromatic carboxylic acids is 1. The van der Waals surface area contributed by atoms with Gasteiger partial charge < -0.3 is 10.4 Å². The highest BCUT2D eigenvalue weighted by Crippen LogP contribution is 2.37. The zero-order valence-corrected chi connectivity index (χ0v) is 17.9. The predicted molar refractivity (Wildman–Crippen MR) is 120 cm³/mol. The summed E-state index contributed by atoms with van der Waals surface area (Å²) in [6.45, 7) is 0. The van der Waals surface area contributed by atoms with E-state index >= 15 is 0 Å². The van der Waals surface area contributed by atoms with E-state index in [1.165, 1.54) is 0 Å². The first-order chi connectivity index (χ1) is 15.0. The molecule has 1 aliphatic carbocycles. The van der Waals surface area contributed by atoms with Crippen molar-refractivity contribution in [3.63, 3.8) is 0 Å². The number of para-hydroxylation sites is 1. The minimum absolute atomic E-state index is 0.179. The normalized spacial score (nSPS) is 15.6. The van der Waals surface area contributed by atoms with Gasteiger partial charge in [-0.2, -0.15) is 4.98 Å². The number of carbonyl (C=O) groups is 1. The predicted octanol–water partition coefficient (Wildman–Crippen LogP) is 4.25. The number of aryl methyl sites for hydroxylation is 1. The highest BCUT2D eigenvalue weighted by molar-refractivity contribution is 9.10. The fraction of sp³-hybridized carbons (Fsp3) is 0.182. The van der Waals surface area contributed by atoms with Crippen LogP contribution in [0.4, 0.5) is 11.6 Å². The molecule has 2 aromatic heterocycles. The summed E-state index contributed by atoms with van der Waals surface area (Å²) >= 11 is 3.49. The quantitative estimate of drug-likeness (QED) is 0.377. The van der Waals surface area contributed by atoms with E-state index in [0.717, 1.165) is 36.1 Å². The molecular weight excluding hydrogens is 462 g/mol. The third-order valence-electron chi connectivity index (χ3n) is 5.53. The number of imidazole rings is 1. The molecule has 8 nitrogen and oxygen atoms in total. The molecule has 1 atom stereocenters. The van der Waals surface area contributed by atoms with Crippen LogP contribution in [0.2, 0.25) is 0 Å². The molecule has 3 N–H and O–H groups in total. The Labute approximate surface area is 185 Å². The Morgan fingerprint density at radius 2 is 2.00 bits per heavy atom. The van der Waals surface area contributed by atoms with Gasteiger partial charge in [-0.15, -0.1) is 0 Å². The van der Waals surface area contributed by atoms with E-state index in [9.17, 15) is 14.7 Å². The lowest BCUT2D eigenvalue weighted by atomic mass is 9.86. The largest absolute Gasteiger partial charge is 0.478 e. The fourth-order valence-corrected chi connectivity index (χ4v) is 4.72. The van der Waals surface area contributed by atoms with Crippen LogP contribution in [-0.4, -0.2) is 30.6 Å². The van der Waals surface area contributed by atoms with Crippen molar-refractivity contribution in [3.05, 3.63) is 80.3 Å². The Kier molecular flexibility index (Phi) is 4.82. The van der Waals surface area contributed by atoms with Crippen molar-refractivity contribution in [1.82, 2.24) is 19.5 Å². The highest BCUT2D eigenvalue weighted by Gasteiger charge is 2.28. The Morgan fingerprint density at radius 3 is 2.77 bits per heavy atom. The molecule has 0 spiro atoms. The standard InChI is InChI=1S/C22H18BrN5O3/c23-21-25-17-18(26-22(27-19(17)29)24-14-6-2-1-3-7-14)28(21)16-8-4-5-12-9-10-13(20(30)31)11-15(12)16/h1-3,6-7,9-11,16H,4-5,8H2,(H,30,31)(H2,24,26,27,29). The number of fused-ring (bicyclic) bond motifs is 2. The number of hydrogen-bond acceptors (Lipinski definition) is 5. The van der Waals surface area contributed by atoms with Crippen LogP contribution in [0.5, 0.6) is 0 Å². The van der Waals surface area contributed by atoms with E-state index in [-0.39, 0.29) is 22.7 Å². The number of aromatic nitrogens is 4. The summed E-state index contributed by atoms with van der Waals surface area (Å²) in [4.78, 5) is 36.0. The number of nitrogens with zero attached hydrogens (tertiary/aromatic N) is 3. The maximum absolute atomic E-state index is 12.7. The number of aromatic amines is 1. The molecule has 0 saturated carbocycles. The third kappa shape index (κ3) is 3.50. The van der Waals surface area contributed by atoms with Crippen LogP contribution in [0.1, 0.15) is 40.4 Å². The summed E-state index contributed by atoms with van der Waals surface area (Å²) < 4.78 is 2.36. The molecular formula is C22H18BrN5O3. The number of anilines is 2. The fourth-order valence-electron chi connectivity index (χ4n) is 4.13. The maximum atomic E-state index is 12.7. The number of benzene rings is 2. The molecule has 0 aliphatic heterocycles. The molecule has 0 radical (unpaired) electrons. The Balaban J connectivity index is 1.66. The Morgan fingerprint density at radius 1 is 1.19 bits per heavy atom. The first kappa shape index (κ1) is 19.5. The van der Waals surface area contributed by atoms with E-state index in [4.69, 9.17) is 0 Å². The lowest BCUT2D eigenvalue weighted by molar-refractivity contribution is 0.0696. The molecule has 0 amide bonds. The second-order valence-electron chi connectivity index (χ2n) is 7.46. The topological polar surface area (TPSA) is 113 Å². The van der Waals surface area contributed by atoms with Gasteiger partial charge in [-0.25, -0.2) is 9.78 Å². The average molecular weight is 480 g/mol. The summed E-state index contributed by atoms with van der Waals surface area (Å²) in [6.07, 6.45) is 2.61. The number of hydrogen-bond donors (Lipinski definition) is 3.